The van der Waals surface area contributed by atoms with Crippen LogP contribution in [-0.2, 0) is 0 Å². The molecule has 0 saturated heterocycles. The minimum atomic E-state index is -0.125. The lowest BCUT2D eigenvalue weighted by Gasteiger charge is -2.10. The number of nitrogens with one attached hydrogen (secondary N) is 2. The summed E-state index contributed by atoms with van der Waals surface area (Å²) in [6.45, 7) is 3.67. The highest BCUT2D eigenvalue weighted by Crippen LogP contribution is 2.23. The summed E-state index contributed by atoms with van der Waals surface area (Å²) >= 11 is 0. The Morgan fingerprint density at radius 1 is 1.37 bits per heavy atom. The van der Waals surface area contributed by atoms with Crippen LogP contribution in [0.15, 0.2) is 12.4 Å². The van der Waals surface area contributed by atoms with Crippen LogP contribution in [0.4, 0.5) is 5.82 Å². The van der Waals surface area contributed by atoms with E-state index in [2.05, 4.69) is 27.5 Å². The summed E-state index contributed by atoms with van der Waals surface area (Å²) in [5, 5.41) is 6.09. The van der Waals surface area contributed by atoms with E-state index in [0.29, 0.717) is 17.4 Å². The average molecular weight is 262 g/mol. The molecule has 1 aliphatic carbocycles. The fourth-order valence-electron chi connectivity index (χ4n) is 2.36. The molecule has 1 aromatic rings. The maximum absolute atomic E-state index is 12.0. The summed E-state index contributed by atoms with van der Waals surface area (Å²) in [6.07, 6.45) is 9.20. The van der Waals surface area contributed by atoms with E-state index in [-0.39, 0.29) is 5.91 Å². The van der Waals surface area contributed by atoms with Crippen LogP contribution in [-0.4, -0.2) is 29.0 Å². The van der Waals surface area contributed by atoms with Crippen molar-refractivity contribution < 1.29 is 4.79 Å². The number of carbonyl (C=O) groups excluding carboxylic acids is 1. The Hall–Kier alpha value is -1.65. The van der Waals surface area contributed by atoms with E-state index < -0.39 is 0 Å². The van der Waals surface area contributed by atoms with Crippen LogP contribution in [0, 0.1) is 5.92 Å². The van der Waals surface area contributed by atoms with Crippen LogP contribution in [0.1, 0.15) is 49.5 Å². The van der Waals surface area contributed by atoms with Gasteiger partial charge in [-0.1, -0.05) is 19.8 Å². The molecular weight excluding hydrogens is 240 g/mol. The highest BCUT2D eigenvalue weighted by atomic mass is 16.1. The number of aromatic nitrogens is 2. The van der Waals surface area contributed by atoms with Crippen molar-refractivity contribution in [3.05, 3.63) is 18.1 Å². The molecule has 1 amide bonds. The lowest BCUT2D eigenvalue weighted by Crippen LogP contribution is -2.29. The Kier molecular flexibility index (Phi) is 5.12. The first kappa shape index (κ1) is 13.8. The molecule has 1 heterocycles. The summed E-state index contributed by atoms with van der Waals surface area (Å²) in [6, 6.07) is 0. The van der Waals surface area contributed by atoms with Crippen LogP contribution < -0.4 is 10.6 Å². The third kappa shape index (κ3) is 4.19. The van der Waals surface area contributed by atoms with E-state index in [0.717, 1.165) is 19.5 Å². The summed E-state index contributed by atoms with van der Waals surface area (Å²) in [5.74, 6) is 1.17. The largest absolute Gasteiger partial charge is 0.369 e. The molecule has 2 rings (SSSR count). The smallest absolute Gasteiger partial charge is 0.271 e. The maximum atomic E-state index is 12.0. The van der Waals surface area contributed by atoms with Crippen molar-refractivity contribution in [2.45, 2.75) is 39.0 Å². The van der Waals surface area contributed by atoms with Gasteiger partial charge in [-0.2, -0.15) is 0 Å². The van der Waals surface area contributed by atoms with E-state index in [1.54, 1.807) is 6.20 Å². The summed E-state index contributed by atoms with van der Waals surface area (Å²) < 4.78 is 0. The second kappa shape index (κ2) is 7.07. The van der Waals surface area contributed by atoms with E-state index in [1.165, 1.54) is 31.9 Å². The topological polar surface area (TPSA) is 66.9 Å². The van der Waals surface area contributed by atoms with Gasteiger partial charge >= 0.3 is 0 Å². The molecule has 0 bridgehead atoms. The molecule has 1 fully saturated rings. The van der Waals surface area contributed by atoms with Gasteiger partial charge in [0.25, 0.3) is 5.91 Å². The van der Waals surface area contributed by atoms with Crippen LogP contribution >= 0.6 is 0 Å². The lowest BCUT2D eigenvalue weighted by atomic mass is 10.1. The molecule has 0 aromatic carbocycles. The van der Waals surface area contributed by atoms with Gasteiger partial charge in [-0.05, 0) is 25.2 Å². The van der Waals surface area contributed by atoms with Gasteiger partial charge < -0.3 is 10.6 Å². The van der Waals surface area contributed by atoms with Gasteiger partial charge in [-0.15, -0.1) is 0 Å². The zero-order valence-electron chi connectivity index (χ0n) is 11.5. The van der Waals surface area contributed by atoms with E-state index >= 15 is 0 Å². The fraction of sp³-hybridized carbons (Fsp3) is 0.643. The molecular formula is C14H22N4O. The van der Waals surface area contributed by atoms with Crippen LogP contribution in [0.3, 0.4) is 0 Å². The van der Waals surface area contributed by atoms with Crippen LogP contribution in [0.5, 0.6) is 0 Å². The molecule has 0 atom stereocenters. The van der Waals surface area contributed by atoms with E-state index in [9.17, 15) is 4.79 Å². The van der Waals surface area contributed by atoms with Gasteiger partial charge in [0.15, 0.2) is 0 Å². The fourth-order valence-corrected chi connectivity index (χ4v) is 2.36. The summed E-state index contributed by atoms with van der Waals surface area (Å²) in [7, 11) is 0. The Labute approximate surface area is 114 Å². The number of anilines is 1. The normalized spacial score (nSPS) is 15.4. The first-order valence-electron chi connectivity index (χ1n) is 7.13. The molecule has 5 nitrogen and oxygen atoms in total. The standard InChI is InChI=1S/C14H22N4O/c1-2-7-16-13-10-15-9-12(18-13)14(19)17-8-11-5-3-4-6-11/h9-11H,2-8H2,1H3,(H,16,18)(H,17,19). The van der Waals surface area contributed by atoms with E-state index in [1.807, 2.05) is 0 Å². The van der Waals surface area contributed by atoms with Gasteiger partial charge in [0.05, 0.1) is 12.4 Å². The molecule has 19 heavy (non-hydrogen) atoms. The van der Waals surface area contributed by atoms with E-state index in [4.69, 9.17) is 0 Å². The molecule has 104 valence electrons. The van der Waals surface area contributed by atoms with Gasteiger partial charge in [0, 0.05) is 13.1 Å². The van der Waals surface area contributed by atoms with Crippen LogP contribution in [0.2, 0.25) is 0 Å². The van der Waals surface area contributed by atoms with Crippen molar-refractivity contribution in [1.29, 1.82) is 0 Å². The van der Waals surface area contributed by atoms with Crippen molar-refractivity contribution >= 4 is 11.7 Å². The minimum absolute atomic E-state index is 0.125. The van der Waals surface area contributed by atoms with Gasteiger partial charge in [0.1, 0.15) is 11.5 Å². The summed E-state index contributed by atoms with van der Waals surface area (Å²) in [4.78, 5) is 20.3. The molecule has 0 unspecified atom stereocenters. The lowest BCUT2D eigenvalue weighted by molar-refractivity contribution is 0.0942. The molecule has 0 radical (unpaired) electrons. The Morgan fingerprint density at radius 2 is 2.16 bits per heavy atom. The molecule has 5 heteroatoms. The zero-order valence-corrected chi connectivity index (χ0v) is 11.5. The van der Waals surface area contributed by atoms with Gasteiger partial charge in [-0.3, -0.25) is 9.78 Å². The number of rotatable bonds is 6. The second-order valence-electron chi connectivity index (χ2n) is 5.08. The van der Waals surface area contributed by atoms with Crippen LogP contribution in [0.25, 0.3) is 0 Å². The number of hydrogen-bond donors (Lipinski definition) is 2. The SMILES string of the molecule is CCCNc1cncc(C(=O)NCC2CCCC2)n1. The third-order valence-electron chi connectivity index (χ3n) is 3.45. The van der Waals surface area contributed by atoms with Gasteiger partial charge in [0.2, 0.25) is 0 Å². The minimum Gasteiger partial charge on any atom is -0.369 e. The van der Waals surface area contributed by atoms with Gasteiger partial charge in [-0.25, -0.2) is 4.98 Å². The highest BCUT2D eigenvalue weighted by molar-refractivity contribution is 5.92. The Balaban J connectivity index is 1.86. The Bertz CT molecular complexity index is 416. The molecule has 0 spiro atoms. The van der Waals surface area contributed by atoms with Crippen molar-refractivity contribution in [3.8, 4) is 0 Å². The van der Waals surface area contributed by atoms with Crippen molar-refractivity contribution in [1.82, 2.24) is 15.3 Å². The number of hydrogen-bond acceptors (Lipinski definition) is 4. The molecule has 1 aliphatic rings. The Morgan fingerprint density at radius 3 is 2.89 bits per heavy atom. The first-order valence-corrected chi connectivity index (χ1v) is 7.13. The molecule has 1 saturated carbocycles. The van der Waals surface area contributed by atoms with Crippen molar-refractivity contribution in [3.63, 3.8) is 0 Å². The molecule has 2 N–H and O–H groups in total. The predicted octanol–water partition coefficient (Wildman–Crippen LogP) is 2.22. The monoisotopic (exact) mass is 262 g/mol. The number of nitrogens with zero attached hydrogens (tertiary/aromatic N) is 2. The number of amides is 1. The highest BCUT2D eigenvalue weighted by Gasteiger charge is 2.16. The predicted molar refractivity (Wildman–Crippen MR) is 75.1 cm³/mol. The maximum Gasteiger partial charge on any atom is 0.271 e. The molecule has 1 aromatic heterocycles. The average Bonchev–Trinajstić information content (AvgIpc) is 2.96. The summed E-state index contributed by atoms with van der Waals surface area (Å²) in [5.41, 5.74) is 0.388. The number of carbonyl (C=O) groups is 1. The zero-order chi connectivity index (χ0) is 13.5. The first-order chi connectivity index (χ1) is 9.29. The molecule has 0 aliphatic heterocycles. The third-order valence-corrected chi connectivity index (χ3v) is 3.45. The van der Waals surface area contributed by atoms with Crippen molar-refractivity contribution in [2.75, 3.05) is 18.4 Å². The second-order valence-corrected chi connectivity index (χ2v) is 5.08. The van der Waals surface area contributed by atoms with Crippen molar-refractivity contribution in [2.24, 2.45) is 5.92 Å². The quantitative estimate of drug-likeness (QED) is 0.825.